The fraction of sp³-hybridized carbons (Fsp3) is 0.333. The van der Waals surface area contributed by atoms with Gasteiger partial charge >= 0.3 is 0 Å². The number of halogens is 3. The lowest BCUT2D eigenvalue weighted by molar-refractivity contribution is 0.143. The van der Waals surface area contributed by atoms with Gasteiger partial charge in [-0.3, -0.25) is 4.90 Å². The van der Waals surface area contributed by atoms with Crippen molar-refractivity contribution < 1.29 is 0 Å². The van der Waals surface area contributed by atoms with E-state index in [4.69, 9.17) is 11.6 Å². The molecular weight excluding hydrogens is 351 g/mol. The Hall–Kier alpha value is -0.770. The molecule has 23 heavy (non-hydrogen) atoms. The van der Waals surface area contributed by atoms with Crippen LogP contribution in [0.4, 0.5) is 0 Å². The maximum absolute atomic E-state index is 6.04. The molecule has 0 bridgehead atoms. The number of fused-ring (bicyclic) bond motifs is 3. The molecule has 2 aromatic carbocycles. The second-order valence-corrected chi connectivity index (χ2v) is 6.38. The maximum Gasteiger partial charge on any atom is 0.0476 e. The Bertz CT molecular complexity index is 645. The number of nitrogens with one attached hydrogen (secondary N) is 1. The Balaban J connectivity index is 0.000000960. The van der Waals surface area contributed by atoms with E-state index in [2.05, 4.69) is 46.6 Å². The van der Waals surface area contributed by atoms with Crippen LogP contribution in [-0.4, -0.2) is 31.1 Å². The van der Waals surface area contributed by atoms with E-state index in [1.54, 1.807) is 0 Å². The lowest BCUT2D eigenvalue weighted by Crippen LogP contribution is -2.50. The highest BCUT2D eigenvalue weighted by molar-refractivity contribution is 6.30. The summed E-state index contributed by atoms with van der Waals surface area (Å²) in [5.74, 6) is 0.452. The van der Waals surface area contributed by atoms with Crippen LogP contribution in [-0.2, 0) is 0 Å². The van der Waals surface area contributed by atoms with Crippen LogP contribution in [0.5, 0.6) is 0 Å². The summed E-state index contributed by atoms with van der Waals surface area (Å²) in [7, 11) is 0. The first kappa shape index (κ1) is 18.6. The van der Waals surface area contributed by atoms with E-state index < -0.39 is 0 Å². The van der Waals surface area contributed by atoms with Crippen molar-refractivity contribution in [3.8, 4) is 0 Å². The summed E-state index contributed by atoms with van der Waals surface area (Å²) in [5.41, 5.74) is 4.32. The first-order valence-electron chi connectivity index (χ1n) is 7.62. The minimum absolute atomic E-state index is 0. The van der Waals surface area contributed by atoms with E-state index in [0.717, 1.165) is 31.2 Å². The monoisotopic (exact) mass is 370 g/mol. The Kier molecular flexibility index (Phi) is 6.35. The van der Waals surface area contributed by atoms with Gasteiger partial charge in [0.2, 0.25) is 0 Å². The minimum atomic E-state index is 0. The van der Waals surface area contributed by atoms with Crippen LogP contribution in [0.25, 0.3) is 0 Å². The first-order chi connectivity index (χ1) is 10.3. The summed E-state index contributed by atoms with van der Waals surface area (Å²) in [6.07, 6.45) is 0. The van der Waals surface area contributed by atoms with Gasteiger partial charge in [0, 0.05) is 43.2 Å². The largest absolute Gasteiger partial charge is 0.314 e. The third-order valence-corrected chi connectivity index (χ3v) is 5.03. The average molecular weight is 372 g/mol. The van der Waals surface area contributed by atoms with Crippen molar-refractivity contribution >= 4 is 36.4 Å². The summed E-state index contributed by atoms with van der Waals surface area (Å²) in [4.78, 5) is 2.62. The average Bonchev–Trinajstić information content (AvgIpc) is 2.55. The van der Waals surface area contributed by atoms with Gasteiger partial charge in [0.05, 0.1) is 0 Å². The summed E-state index contributed by atoms with van der Waals surface area (Å²) in [6, 6.07) is 17.8. The molecule has 0 aromatic heterocycles. The molecule has 2 aliphatic heterocycles. The van der Waals surface area contributed by atoms with Crippen LogP contribution in [0.1, 0.15) is 28.7 Å². The van der Waals surface area contributed by atoms with Gasteiger partial charge in [-0.05, 0) is 28.8 Å². The fourth-order valence-corrected chi connectivity index (χ4v) is 3.84. The molecule has 0 aliphatic carbocycles. The smallest absolute Gasteiger partial charge is 0.0476 e. The van der Waals surface area contributed by atoms with Gasteiger partial charge in [-0.1, -0.05) is 48.0 Å². The minimum Gasteiger partial charge on any atom is -0.314 e. The highest BCUT2D eigenvalue weighted by Crippen LogP contribution is 2.39. The third kappa shape index (κ3) is 3.52. The normalized spacial score (nSPS) is 23.0. The van der Waals surface area contributed by atoms with Crippen molar-refractivity contribution in [2.75, 3.05) is 26.2 Å². The lowest BCUT2D eigenvalue weighted by Gasteiger charge is -2.44. The molecule has 0 spiro atoms. The summed E-state index contributed by atoms with van der Waals surface area (Å²) in [5, 5.41) is 4.34. The lowest BCUT2D eigenvalue weighted by atomic mass is 9.81. The number of hydrogen-bond donors (Lipinski definition) is 1. The molecule has 2 aliphatic rings. The number of benzene rings is 2. The molecule has 0 unspecified atom stereocenters. The molecule has 2 atom stereocenters. The van der Waals surface area contributed by atoms with Crippen LogP contribution in [0, 0.1) is 0 Å². The molecule has 1 N–H and O–H groups in total. The zero-order valence-electron chi connectivity index (χ0n) is 12.7. The molecule has 5 heteroatoms. The maximum atomic E-state index is 6.04. The number of nitrogens with zero attached hydrogens (tertiary/aromatic N) is 1. The molecule has 4 rings (SSSR count). The molecule has 124 valence electrons. The van der Waals surface area contributed by atoms with Gasteiger partial charge in [0.1, 0.15) is 0 Å². The van der Waals surface area contributed by atoms with Crippen LogP contribution in [0.3, 0.4) is 0 Å². The van der Waals surface area contributed by atoms with Gasteiger partial charge in [-0.25, -0.2) is 0 Å². The zero-order valence-corrected chi connectivity index (χ0v) is 15.1. The topological polar surface area (TPSA) is 15.3 Å². The summed E-state index contributed by atoms with van der Waals surface area (Å²) < 4.78 is 0. The van der Waals surface area contributed by atoms with Crippen molar-refractivity contribution in [1.29, 1.82) is 0 Å². The second-order valence-electron chi connectivity index (χ2n) is 5.95. The Morgan fingerprint density at radius 1 is 0.957 bits per heavy atom. The summed E-state index contributed by atoms with van der Waals surface area (Å²) >= 11 is 6.04. The van der Waals surface area contributed by atoms with Crippen molar-refractivity contribution in [2.24, 2.45) is 0 Å². The predicted molar refractivity (Wildman–Crippen MR) is 101 cm³/mol. The van der Waals surface area contributed by atoms with Crippen LogP contribution < -0.4 is 5.32 Å². The van der Waals surface area contributed by atoms with Crippen molar-refractivity contribution in [3.63, 3.8) is 0 Å². The Morgan fingerprint density at radius 2 is 1.65 bits per heavy atom. The van der Waals surface area contributed by atoms with E-state index in [1.807, 2.05) is 12.1 Å². The van der Waals surface area contributed by atoms with E-state index in [-0.39, 0.29) is 24.8 Å². The molecule has 1 fully saturated rings. The van der Waals surface area contributed by atoms with Gasteiger partial charge in [0.15, 0.2) is 0 Å². The second kappa shape index (κ2) is 7.87. The van der Waals surface area contributed by atoms with Crippen LogP contribution in [0.2, 0.25) is 5.02 Å². The third-order valence-electron chi connectivity index (χ3n) is 4.77. The zero-order chi connectivity index (χ0) is 14.2. The van der Waals surface area contributed by atoms with Crippen molar-refractivity contribution in [3.05, 3.63) is 70.2 Å². The van der Waals surface area contributed by atoms with E-state index >= 15 is 0 Å². The molecule has 1 saturated heterocycles. The van der Waals surface area contributed by atoms with Crippen LogP contribution in [0.15, 0.2) is 48.5 Å². The van der Waals surface area contributed by atoms with E-state index in [9.17, 15) is 0 Å². The predicted octanol–water partition coefficient (Wildman–Crippen LogP) is 4.28. The van der Waals surface area contributed by atoms with Gasteiger partial charge in [-0.15, -0.1) is 24.8 Å². The Morgan fingerprint density at radius 3 is 2.39 bits per heavy atom. The molecule has 2 heterocycles. The molecule has 2 aromatic rings. The van der Waals surface area contributed by atoms with Gasteiger partial charge < -0.3 is 5.32 Å². The molecule has 0 saturated carbocycles. The SMILES string of the molecule is Cl.Cl.Clc1ccc([C@@H]2CN3CCNC[C@H]3c3ccccc32)cc1. The van der Waals surface area contributed by atoms with Gasteiger partial charge in [0.25, 0.3) is 0 Å². The Labute approximate surface area is 155 Å². The molecular formula is C18H21Cl3N2. The van der Waals surface area contributed by atoms with Crippen molar-refractivity contribution in [2.45, 2.75) is 12.0 Å². The highest BCUT2D eigenvalue weighted by atomic mass is 35.5. The molecule has 0 amide bonds. The first-order valence-corrected chi connectivity index (χ1v) is 8.00. The number of rotatable bonds is 1. The van der Waals surface area contributed by atoms with Gasteiger partial charge in [-0.2, -0.15) is 0 Å². The summed E-state index contributed by atoms with van der Waals surface area (Å²) in [6.45, 7) is 4.38. The fourth-order valence-electron chi connectivity index (χ4n) is 3.72. The highest BCUT2D eigenvalue weighted by Gasteiger charge is 2.34. The standard InChI is InChI=1S/C18H19ClN2.2ClH/c19-14-7-5-13(6-8-14)17-12-21-10-9-20-11-18(21)16-4-2-1-3-15(16)17;;/h1-8,17-18,20H,9-12H2;2*1H/t17-,18-;;/m0../s1. The van der Waals surface area contributed by atoms with Crippen LogP contribution >= 0.6 is 36.4 Å². The molecule has 2 nitrogen and oxygen atoms in total. The number of hydrogen-bond acceptors (Lipinski definition) is 2. The van der Waals surface area contributed by atoms with E-state index in [1.165, 1.54) is 16.7 Å². The number of piperazine rings is 1. The quantitative estimate of drug-likeness (QED) is 0.805. The molecule has 0 radical (unpaired) electrons. The van der Waals surface area contributed by atoms with Crippen molar-refractivity contribution in [1.82, 2.24) is 10.2 Å². The van der Waals surface area contributed by atoms with E-state index in [0.29, 0.717) is 12.0 Å².